The van der Waals surface area contributed by atoms with E-state index in [0.717, 1.165) is 52.7 Å². The van der Waals surface area contributed by atoms with Gasteiger partial charge in [0.05, 0.1) is 11.4 Å². The standard InChI is InChI=1S/C22H22N4O2S/c1-15-19(26-8-10-29-22(26)24-15)14-25-7-9-28-20-5-4-16(11-18(20)13-25)21(27)17-3-2-6-23-12-17/h2-6,8,10-12,21,27H,7,9,13-14H2,1H3. The monoisotopic (exact) mass is 406 g/mol. The Morgan fingerprint density at radius 2 is 2.21 bits per heavy atom. The molecule has 1 N–H and O–H groups in total. The van der Waals surface area contributed by atoms with Crippen molar-refractivity contribution in [2.45, 2.75) is 26.1 Å². The third-order valence-corrected chi connectivity index (χ3v) is 6.15. The summed E-state index contributed by atoms with van der Waals surface area (Å²) >= 11 is 1.66. The molecule has 0 saturated carbocycles. The van der Waals surface area contributed by atoms with E-state index in [1.807, 2.05) is 24.3 Å². The molecular formula is C22H22N4O2S. The van der Waals surface area contributed by atoms with Crippen molar-refractivity contribution in [3.63, 3.8) is 0 Å². The average molecular weight is 407 g/mol. The third-order valence-electron chi connectivity index (χ3n) is 5.39. The highest BCUT2D eigenvalue weighted by Gasteiger charge is 2.20. The van der Waals surface area contributed by atoms with Gasteiger partial charge in [0.25, 0.3) is 0 Å². The molecule has 1 aliphatic rings. The number of aliphatic hydroxyl groups excluding tert-OH is 1. The number of rotatable bonds is 4. The van der Waals surface area contributed by atoms with Gasteiger partial charge in [0.2, 0.25) is 0 Å². The first-order valence-corrected chi connectivity index (χ1v) is 10.5. The Morgan fingerprint density at radius 3 is 3.07 bits per heavy atom. The van der Waals surface area contributed by atoms with Crippen molar-refractivity contribution in [2.24, 2.45) is 0 Å². The summed E-state index contributed by atoms with van der Waals surface area (Å²) in [5.41, 5.74) is 5.02. The van der Waals surface area contributed by atoms with Crippen molar-refractivity contribution >= 4 is 16.3 Å². The van der Waals surface area contributed by atoms with Crippen molar-refractivity contribution in [3.8, 4) is 5.75 Å². The molecule has 1 aliphatic heterocycles. The Bertz CT molecular complexity index is 1140. The van der Waals surface area contributed by atoms with Crippen LogP contribution in [0.15, 0.2) is 54.3 Å². The molecule has 3 aromatic heterocycles. The molecule has 0 amide bonds. The van der Waals surface area contributed by atoms with E-state index in [2.05, 4.69) is 43.8 Å². The Hall–Kier alpha value is -2.74. The highest BCUT2D eigenvalue weighted by atomic mass is 32.1. The fourth-order valence-corrected chi connectivity index (χ4v) is 4.63. The molecule has 0 saturated heterocycles. The number of fused-ring (bicyclic) bond motifs is 2. The van der Waals surface area contributed by atoms with E-state index < -0.39 is 6.10 Å². The highest BCUT2D eigenvalue weighted by Crippen LogP contribution is 2.30. The van der Waals surface area contributed by atoms with E-state index >= 15 is 0 Å². The number of ether oxygens (including phenoxy) is 1. The fraction of sp³-hybridized carbons (Fsp3) is 0.273. The van der Waals surface area contributed by atoms with Crippen LogP contribution in [-0.4, -0.2) is 37.5 Å². The number of thiazole rings is 1. The lowest BCUT2D eigenvalue weighted by Crippen LogP contribution is -2.26. The van der Waals surface area contributed by atoms with Gasteiger partial charge in [-0.1, -0.05) is 12.1 Å². The second-order valence-electron chi connectivity index (χ2n) is 7.31. The maximum absolute atomic E-state index is 10.8. The minimum absolute atomic E-state index is 0.641. The fourth-order valence-electron chi connectivity index (χ4n) is 3.85. The second-order valence-corrected chi connectivity index (χ2v) is 8.19. The zero-order valence-electron chi connectivity index (χ0n) is 16.2. The molecule has 1 aromatic carbocycles. The normalized spacial score (nSPS) is 15.7. The number of aliphatic hydroxyl groups is 1. The molecule has 1 atom stereocenters. The number of aryl methyl sites for hydroxylation is 1. The van der Waals surface area contributed by atoms with Gasteiger partial charge in [-0.05, 0) is 30.7 Å². The lowest BCUT2D eigenvalue weighted by Gasteiger charge is -2.20. The quantitative estimate of drug-likeness (QED) is 0.561. The number of hydrogen-bond acceptors (Lipinski definition) is 6. The molecule has 6 nitrogen and oxygen atoms in total. The van der Waals surface area contributed by atoms with Crippen LogP contribution < -0.4 is 4.74 Å². The molecule has 0 radical (unpaired) electrons. The number of benzene rings is 1. The largest absolute Gasteiger partial charge is 0.492 e. The van der Waals surface area contributed by atoms with Crippen LogP contribution in [0.5, 0.6) is 5.75 Å². The van der Waals surface area contributed by atoms with Crippen LogP contribution in [0.4, 0.5) is 0 Å². The summed E-state index contributed by atoms with van der Waals surface area (Å²) in [6.45, 7) is 5.12. The topological polar surface area (TPSA) is 62.9 Å². The number of nitrogens with zero attached hydrogens (tertiary/aromatic N) is 4. The molecule has 1 unspecified atom stereocenters. The predicted molar refractivity (Wildman–Crippen MR) is 112 cm³/mol. The summed E-state index contributed by atoms with van der Waals surface area (Å²) in [6.07, 6.45) is 4.79. The molecule has 0 bridgehead atoms. The Morgan fingerprint density at radius 1 is 1.28 bits per heavy atom. The first-order valence-electron chi connectivity index (χ1n) is 9.66. The maximum atomic E-state index is 10.8. The molecule has 7 heteroatoms. The van der Waals surface area contributed by atoms with Crippen LogP contribution in [0.2, 0.25) is 0 Å². The first-order chi connectivity index (χ1) is 14.2. The van der Waals surface area contributed by atoms with Gasteiger partial charge in [-0.2, -0.15) is 0 Å². The van der Waals surface area contributed by atoms with Gasteiger partial charge in [-0.25, -0.2) is 4.98 Å². The molecule has 4 aromatic rings. The molecule has 5 rings (SSSR count). The van der Waals surface area contributed by atoms with Crippen molar-refractivity contribution in [1.29, 1.82) is 0 Å². The van der Waals surface area contributed by atoms with Crippen LogP contribution in [0.3, 0.4) is 0 Å². The smallest absolute Gasteiger partial charge is 0.194 e. The van der Waals surface area contributed by atoms with Crippen LogP contribution >= 0.6 is 11.3 Å². The van der Waals surface area contributed by atoms with E-state index in [1.54, 1.807) is 23.7 Å². The summed E-state index contributed by atoms with van der Waals surface area (Å²) < 4.78 is 8.16. The average Bonchev–Trinajstić information content (AvgIpc) is 3.23. The Balaban J connectivity index is 1.41. The van der Waals surface area contributed by atoms with Crippen molar-refractivity contribution in [3.05, 3.63) is 82.4 Å². The summed E-state index contributed by atoms with van der Waals surface area (Å²) in [4.78, 5) is 12.2. The third kappa shape index (κ3) is 3.53. The van der Waals surface area contributed by atoms with Crippen molar-refractivity contribution in [1.82, 2.24) is 19.3 Å². The summed E-state index contributed by atoms with van der Waals surface area (Å²) in [5, 5.41) is 12.8. The summed E-state index contributed by atoms with van der Waals surface area (Å²) in [5.74, 6) is 0.889. The minimum atomic E-state index is -0.701. The molecule has 4 heterocycles. The van der Waals surface area contributed by atoms with Crippen molar-refractivity contribution < 1.29 is 9.84 Å². The van der Waals surface area contributed by atoms with Gasteiger partial charge in [-0.15, -0.1) is 11.3 Å². The number of hydrogen-bond donors (Lipinski definition) is 1. The Labute approximate surface area is 173 Å². The molecule has 0 aliphatic carbocycles. The van der Waals surface area contributed by atoms with Crippen LogP contribution in [0.1, 0.15) is 34.2 Å². The maximum Gasteiger partial charge on any atom is 0.194 e. The van der Waals surface area contributed by atoms with E-state index in [9.17, 15) is 5.11 Å². The number of aromatic nitrogens is 3. The lowest BCUT2D eigenvalue weighted by atomic mass is 10.00. The molecule has 0 spiro atoms. The van der Waals surface area contributed by atoms with Crippen LogP contribution in [0, 0.1) is 6.92 Å². The lowest BCUT2D eigenvalue weighted by molar-refractivity contribution is 0.216. The molecular weight excluding hydrogens is 384 g/mol. The van der Waals surface area contributed by atoms with Crippen LogP contribution in [0.25, 0.3) is 4.96 Å². The Kier molecular flexibility index (Phi) is 4.79. The van der Waals surface area contributed by atoms with E-state index in [-0.39, 0.29) is 0 Å². The predicted octanol–water partition coefficient (Wildman–Crippen LogP) is 3.58. The number of pyridine rings is 1. The molecule has 0 fully saturated rings. The van der Waals surface area contributed by atoms with E-state index in [0.29, 0.717) is 6.61 Å². The summed E-state index contributed by atoms with van der Waals surface area (Å²) in [7, 11) is 0. The van der Waals surface area contributed by atoms with Gasteiger partial charge in [-0.3, -0.25) is 14.3 Å². The van der Waals surface area contributed by atoms with Gasteiger partial charge in [0, 0.05) is 54.7 Å². The van der Waals surface area contributed by atoms with E-state index in [4.69, 9.17) is 4.74 Å². The highest BCUT2D eigenvalue weighted by molar-refractivity contribution is 7.15. The minimum Gasteiger partial charge on any atom is -0.492 e. The van der Waals surface area contributed by atoms with Gasteiger partial charge in [0.15, 0.2) is 4.96 Å². The summed E-state index contributed by atoms with van der Waals surface area (Å²) in [6, 6.07) is 9.68. The van der Waals surface area contributed by atoms with E-state index in [1.165, 1.54) is 5.69 Å². The van der Waals surface area contributed by atoms with Gasteiger partial charge >= 0.3 is 0 Å². The zero-order valence-corrected chi connectivity index (χ0v) is 17.0. The molecule has 148 valence electrons. The molecule has 29 heavy (non-hydrogen) atoms. The SMILES string of the molecule is Cc1nc2sccn2c1CN1CCOc2ccc(C(O)c3cccnc3)cc2C1. The van der Waals surface area contributed by atoms with Crippen LogP contribution in [-0.2, 0) is 13.1 Å². The first kappa shape index (κ1) is 18.3. The zero-order chi connectivity index (χ0) is 19.8. The van der Waals surface area contributed by atoms with Crippen molar-refractivity contribution in [2.75, 3.05) is 13.2 Å². The van der Waals surface area contributed by atoms with Gasteiger partial charge < -0.3 is 9.84 Å². The van der Waals surface area contributed by atoms with Gasteiger partial charge in [0.1, 0.15) is 18.5 Å². The number of imidazole rings is 1. The second kappa shape index (κ2) is 7.59.